The van der Waals surface area contributed by atoms with E-state index in [1.807, 2.05) is 20.9 Å². The van der Waals surface area contributed by atoms with Gasteiger partial charge in [-0.3, -0.25) is 0 Å². The van der Waals surface area contributed by atoms with Crippen molar-refractivity contribution in [3.8, 4) is 0 Å². The maximum atomic E-state index is 4.48. The lowest BCUT2D eigenvalue weighted by atomic mass is 10.2. The van der Waals surface area contributed by atoms with Gasteiger partial charge < -0.3 is 10.6 Å². The molecule has 0 aliphatic rings. The van der Waals surface area contributed by atoms with E-state index in [0.29, 0.717) is 0 Å². The Bertz CT molecular complexity index is 764. The van der Waals surface area contributed by atoms with Gasteiger partial charge in [-0.15, -0.1) is 11.3 Å². The number of benzene rings is 1. The second-order valence-electron chi connectivity index (χ2n) is 4.64. The molecule has 0 saturated carbocycles. The lowest BCUT2D eigenvalue weighted by molar-refractivity contribution is 1.04. The van der Waals surface area contributed by atoms with Crippen LogP contribution in [0.1, 0.15) is 11.4 Å². The van der Waals surface area contributed by atoms with E-state index in [2.05, 4.69) is 50.2 Å². The lowest BCUT2D eigenvalue weighted by Gasteiger charge is -2.12. The van der Waals surface area contributed by atoms with Crippen molar-refractivity contribution in [2.75, 3.05) is 17.7 Å². The van der Waals surface area contributed by atoms with Crippen LogP contribution in [-0.2, 0) is 0 Å². The first-order valence-electron chi connectivity index (χ1n) is 6.44. The molecule has 0 bridgehead atoms. The molecule has 0 saturated heterocycles. The van der Waals surface area contributed by atoms with Crippen LogP contribution in [0.3, 0.4) is 0 Å². The zero-order chi connectivity index (χ0) is 14.1. The monoisotopic (exact) mass is 284 g/mol. The summed E-state index contributed by atoms with van der Waals surface area (Å²) in [6.45, 7) is 3.91. The molecule has 0 aliphatic carbocycles. The summed E-state index contributed by atoms with van der Waals surface area (Å²) >= 11 is 1.75. The first kappa shape index (κ1) is 12.9. The third kappa shape index (κ3) is 2.32. The van der Waals surface area contributed by atoms with Gasteiger partial charge in [-0.25, -0.2) is 9.97 Å². The van der Waals surface area contributed by atoms with Gasteiger partial charge >= 0.3 is 0 Å². The van der Waals surface area contributed by atoms with Crippen molar-refractivity contribution in [2.24, 2.45) is 0 Å². The second-order valence-corrected chi connectivity index (χ2v) is 5.59. The lowest BCUT2D eigenvalue weighted by Crippen LogP contribution is -2.05. The molecule has 0 amide bonds. The first-order valence-corrected chi connectivity index (χ1v) is 7.32. The fourth-order valence-electron chi connectivity index (χ4n) is 2.17. The van der Waals surface area contributed by atoms with Crippen LogP contribution in [0.15, 0.2) is 29.6 Å². The predicted molar refractivity (Wildman–Crippen MR) is 86.2 cm³/mol. The molecule has 5 heteroatoms. The largest absolute Gasteiger partial charge is 0.373 e. The normalized spacial score (nSPS) is 10.8. The van der Waals surface area contributed by atoms with Crippen molar-refractivity contribution < 1.29 is 0 Å². The Labute approximate surface area is 121 Å². The van der Waals surface area contributed by atoms with Crippen LogP contribution in [0.2, 0.25) is 0 Å². The highest BCUT2D eigenvalue weighted by Crippen LogP contribution is 2.27. The number of thiophene rings is 1. The van der Waals surface area contributed by atoms with Gasteiger partial charge in [-0.2, -0.15) is 0 Å². The molecule has 0 radical (unpaired) electrons. The molecule has 1 aromatic carbocycles. The Kier molecular flexibility index (Phi) is 3.28. The summed E-state index contributed by atoms with van der Waals surface area (Å²) in [5.41, 5.74) is 2.06. The summed E-state index contributed by atoms with van der Waals surface area (Å²) in [5, 5.41) is 9.83. The molecular formula is C15H16N4S. The number of fused-ring (bicyclic) bond motifs is 1. The molecule has 3 aromatic rings. The molecular weight excluding hydrogens is 268 g/mol. The van der Waals surface area contributed by atoms with E-state index in [4.69, 9.17) is 0 Å². The van der Waals surface area contributed by atoms with E-state index in [-0.39, 0.29) is 0 Å². The summed E-state index contributed by atoms with van der Waals surface area (Å²) < 4.78 is 1.29. The SMILES string of the molecule is CNc1nc(C)nc(Nc2ccc3sccc3c2)c1C. The van der Waals surface area contributed by atoms with Crippen molar-refractivity contribution in [3.05, 3.63) is 41.0 Å². The highest BCUT2D eigenvalue weighted by Gasteiger charge is 2.08. The van der Waals surface area contributed by atoms with Gasteiger partial charge in [0.15, 0.2) is 0 Å². The van der Waals surface area contributed by atoms with E-state index in [1.165, 1.54) is 10.1 Å². The molecule has 0 spiro atoms. The van der Waals surface area contributed by atoms with Crippen LogP contribution in [-0.4, -0.2) is 17.0 Å². The van der Waals surface area contributed by atoms with Gasteiger partial charge in [-0.05, 0) is 48.9 Å². The van der Waals surface area contributed by atoms with Crippen molar-refractivity contribution >= 4 is 38.7 Å². The van der Waals surface area contributed by atoms with Crippen LogP contribution >= 0.6 is 11.3 Å². The molecule has 20 heavy (non-hydrogen) atoms. The number of aryl methyl sites for hydroxylation is 1. The molecule has 0 unspecified atom stereocenters. The first-order chi connectivity index (χ1) is 9.67. The number of nitrogens with zero attached hydrogens (tertiary/aromatic N) is 2. The van der Waals surface area contributed by atoms with E-state index in [1.54, 1.807) is 11.3 Å². The summed E-state index contributed by atoms with van der Waals surface area (Å²) in [4.78, 5) is 8.86. The number of anilines is 3. The second kappa shape index (κ2) is 5.09. The van der Waals surface area contributed by atoms with Crippen molar-refractivity contribution in [1.29, 1.82) is 0 Å². The van der Waals surface area contributed by atoms with Crippen molar-refractivity contribution in [1.82, 2.24) is 9.97 Å². The van der Waals surface area contributed by atoms with Crippen LogP contribution in [0.25, 0.3) is 10.1 Å². The number of hydrogen-bond donors (Lipinski definition) is 2. The number of rotatable bonds is 3. The van der Waals surface area contributed by atoms with Gasteiger partial charge in [0.1, 0.15) is 17.5 Å². The van der Waals surface area contributed by atoms with E-state index >= 15 is 0 Å². The number of aromatic nitrogens is 2. The minimum atomic E-state index is 0.749. The van der Waals surface area contributed by atoms with Gasteiger partial charge in [0.05, 0.1) is 0 Å². The highest BCUT2D eigenvalue weighted by molar-refractivity contribution is 7.17. The average Bonchev–Trinajstić information content (AvgIpc) is 2.90. The molecule has 0 fully saturated rings. The van der Waals surface area contributed by atoms with Crippen LogP contribution in [0.5, 0.6) is 0 Å². The molecule has 0 aliphatic heterocycles. The molecule has 102 valence electrons. The Balaban J connectivity index is 1.99. The Morgan fingerprint density at radius 1 is 1.05 bits per heavy atom. The van der Waals surface area contributed by atoms with Gasteiger partial charge in [0.25, 0.3) is 0 Å². The predicted octanol–water partition coefficient (Wildman–Crippen LogP) is 4.09. The fourth-order valence-corrected chi connectivity index (χ4v) is 2.95. The minimum Gasteiger partial charge on any atom is -0.373 e. The van der Waals surface area contributed by atoms with Crippen molar-refractivity contribution in [2.45, 2.75) is 13.8 Å². The molecule has 4 nitrogen and oxygen atoms in total. The Morgan fingerprint density at radius 3 is 2.65 bits per heavy atom. The minimum absolute atomic E-state index is 0.749. The molecule has 2 N–H and O–H groups in total. The maximum absolute atomic E-state index is 4.48. The van der Waals surface area contributed by atoms with E-state index < -0.39 is 0 Å². The standard InChI is InChI=1S/C15H16N4S/c1-9-14(16-3)17-10(2)18-15(9)19-12-4-5-13-11(8-12)6-7-20-13/h4-8H,1-3H3,(H2,16,17,18,19). The van der Waals surface area contributed by atoms with Crippen molar-refractivity contribution in [3.63, 3.8) is 0 Å². The molecule has 2 aromatic heterocycles. The average molecular weight is 284 g/mol. The topological polar surface area (TPSA) is 49.8 Å². The zero-order valence-corrected chi connectivity index (χ0v) is 12.5. The number of hydrogen-bond acceptors (Lipinski definition) is 5. The van der Waals surface area contributed by atoms with Crippen LogP contribution in [0.4, 0.5) is 17.3 Å². The molecule has 0 atom stereocenters. The summed E-state index contributed by atoms with van der Waals surface area (Å²) in [6.07, 6.45) is 0. The van der Waals surface area contributed by atoms with Gasteiger partial charge in [0, 0.05) is 23.0 Å². The summed E-state index contributed by atoms with van der Waals surface area (Å²) in [7, 11) is 1.87. The van der Waals surface area contributed by atoms with Crippen LogP contribution in [0, 0.1) is 13.8 Å². The smallest absolute Gasteiger partial charge is 0.139 e. The molecule has 2 heterocycles. The maximum Gasteiger partial charge on any atom is 0.139 e. The summed E-state index contributed by atoms with van der Waals surface area (Å²) in [6, 6.07) is 8.48. The zero-order valence-electron chi connectivity index (χ0n) is 11.7. The van der Waals surface area contributed by atoms with Gasteiger partial charge in [-0.1, -0.05) is 0 Å². The summed E-state index contributed by atoms with van der Waals surface area (Å²) in [5.74, 6) is 2.45. The molecule has 3 rings (SSSR count). The van der Waals surface area contributed by atoms with E-state index in [0.717, 1.165) is 28.7 Å². The third-order valence-electron chi connectivity index (χ3n) is 3.21. The van der Waals surface area contributed by atoms with E-state index in [9.17, 15) is 0 Å². The van der Waals surface area contributed by atoms with Crippen LogP contribution < -0.4 is 10.6 Å². The number of nitrogens with one attached hydrogen (secondary N) is 2. The fraction of sp³-hybridized carbons (Fsp3) is 0.200. The third-order valence-corrected chi connectivity index (χ3v) is 4.11. The highest BCUT2D eigenvalue weighted by atomic mass is 32.1. The van der Waals surface area contributed by atoms with Gasteiger partial charge in [0.2, 0.25) is 0 Å². The quantitative estimate of drug-likeness (QED) is 0.760. The Hall–Kier alpha value is -2.14. The Morgan fingerprint density at radius 2 is 1.85 bits per heavy atom.